The molecule has 4 nitrogen and oxygen atoms in total. The van der Waals surface area contributed by atoms with Gasteiger partial charge in [0.05, 0.1) is 18.1 Å². The fourth-order valence-electron chi connectivity index (χ4n) is 2.18. The molecule has 0 saturated heterocycles. The fraction of sp³-hybridized carbons (Fsp3) is 0.467. The predicted octanol–water partition coefficient (Wildman–Crippen LogP) is 2.63. The third-order valence-corrected chi connectivity index (χ3v) is 3.23. The van der Waals surface area contributed by atoms with Crippen molar-refractivity contribution in [3.63, 3.8) is 0 Å². The molecule has 0 saturated carbocycles. The van der Waals surface area contributed by atoms with Crippen LogP contribution in [-0.4, -0.2) is 21.3 Å². The molecule has 2 rings (SSSR count). The van der Waals surface area contributed by atoms with Gasteiger partial charge in [-0.2, -0.15) is 5.10 Å². The van der Waals surface area contributed by atoms with Crippen LogP contribution >= 0.6 is 0 Å². The second-order valence-corrected chi connectivity index (χ2v) is 4.97. The molecule has 0 bridgehead atoms. The van der Waals surface area contributed by atoms with Crippen LogP contribution in [0.15, 0.2) is 30.7 Å². The number of aryl methyl sites for hydroxylation is 2. The van der Waals surface area contributed by atoms with Crippen LogP contribution < -0.4 is 5.32 Å². The molecular formula is C15H21FN4. The number of halogens is 1. The summed E-state index contributed by atoms with van der Waals surface area (Å²) >= 11 is 0. The van der Waals surface area contributed by atoms with E-state index in [1.54, 1.807) is 10.7 Å². The first-order valence-electron chi connectivity index (χ1n) is 7.01. The minimum absolute atomic E-state index is 0.149. The Morgan fingerprint density at radius 1 is 1.35 bits per heavy atom. The lowest BCUT2D eigenvalue weighted by atomic mass is 10.0. The van der Waals surface area contributed by atoms with Gasteiger partial charge in [0.1, 0.15) is 5.82 Å². The van der Waals surface area contributed by atoms with Crippen LogP contribution in [0.4, 0.5) is 4.39 Å². The van der Waals surface area contributed by atoms with E-state index < -0.39 is 0 Å². The van der Waals surface area contributed by atoms with E-state index in [-0.39, 0.29) is 11.9 Å². The maximum atomic E-state index is 13.0. The molecule has 1 unspecified atom stereocenters. The van der Waals surface area contributed by atoms with E-state index in [1.807, 2.05) is 19.4 Å². The monoisotopic (exact) mass is 276 g/mol. The van der Waals surface area contributed by atoms with Gasteiger partial charge in [-0.05, 0) is 43.5 Å². The van der Waals surface area contributed by atoms with Crippen molar-refractivity contribution in [3.05, 3.63) is 47.8 Å². The molecule has 0 amide bonds. The number of pyridine rings is 1. The molecule has 2 aromatic heterocycles. The van der Waals surface area contributed by atoms with E-state index in [0.29, 0.717) is 0 Å². The van der Waals surface area contributed by atoms with Crippen molar-refractivity contribution in [1.29, 1.82) is 0 Å². The molecule has 2 aromatic rings. The average Bonchev–Trinajstić information content (AvgIpc) is 2.86. The van der Waals surface area contributed by atoms with E-state index in [1.165, 1.54) is 17.8 Å². The summed E-state index contributed by atoms with van der Waals surface area (Å²) in [6.45, 7) is 3.06. The van der Waals surface area contributed by atoms with Gasteiger partial charge in [0.2, 0.25) is 0 Å². The highest BCUT2D eigenvalue weighted by atomic mass is 19.1. The van der Waals surface area contributed by atoms with Crippen LogP contribution in [0, 0.1) is 5.82 Å². The van der Waals surface area contributed by atoms with Crippen molar-refractivity contribution in [1.82, 2.24) is 20.1 Å². The SMILES string of the molecule is CCCNC(CCc1cnn(C)c1)c1ccc(F)cn1. The van der Waals surface area contributed by atoms with Crippen LogP contribution in [0.5, 0.6) is 0 Å². The van der Waals surface area contributed by atoms with Crippen LogP contribution in [-0.2, 0) is 13.5 Å². The third kappa shape index (κ3) is 4.13. The summed E-state index contributed by atoms with van der Waals surface area (Å²) in [6, 6.07) is 3.37. The first-order valence-corrected chi connectivity index (χ1v) is 7.01. The largest absolute Gasteiger partial charge is 0.309 e. The lowest BCUT2D eigenvalue weighted by Crippen LogP contribution is -2.23. The first-order chi connectivity index (χ1) is 9.69. The molecule has 0 aromatic carbocycles. The maximum Gasteiger partial charge on any atom is 0.141 e. The molecule has 108 valence electrons. The highest BCUT2D eigenvalue weighted by Crippen LogP contribution is 2.17. The molecule has 5 heteroatoms. The van der Waals surface area contributed by atoms with Crippen molar-refractivity contribution in [2.24, 2.45) is 7.05 Å². The predicted molar refractivity (Wildman–Crippen MR) is 76.8 cm³/mol. The topological polar surface area (TPSA) is 42.7 Å². The highest BCUT2D eigenvalue weighted by Gasteiger charge is 2.12. The summed E-state index contributed by atoms with van der Waals surface area (Å²) in [5, 5.41) is 7.64. The molecule has 0 aliphatic carbocycles. The van der Waals surface area contributed by atoms with Crippen molar-refractivity contribution in [2.45, 2.75) is 32.2 Å². The molecule has 0 radical (unpaired) electrons. The lowest BCUT2D eigenvalue weighted by Gasteiger charge is -2.17. The van der Waals surface area contributed by atoms with Gasteiger partial charge in [0.15, 0.2) is 0 Å². The standard InChI is InChI=1S/C15H21FN4/c1-3-8-17-14(15-7-5-13(16)10-18-15)6-4-12-9-19-20(2)11-12/h5,7,9-11,14,17H,3-4,6,8H2,1-2H3. The molecule has 2 heterocycles. The average molecular weight is 276 g/mol. The van der Waals surface area contributed by atoms with Gasteiger partial charge in [-0.25, -0.2) is 4.39 Å². The molecular weight excluding hydrogens is 255 g/mol. The van der Waals surface area contributed by atoms with Crippen LogP contribution in [0.1, 0.15) is 37.1 Å². The molecule has 20 heavy (non-hydrogen) atoms. The Bertz CT molecular complexity index is 521. The Labute approximate surface area is 119 Å². The summed E-state index contributed by atoms with van der Waals surface area (Å²) < 4.78 is 14.8. The van der Waals surface area contributed by atoms with Crippen molar-refractivity contribution in [3.8, 4) is 0 Å². The number of hydrogen-bond donors (Lipinski definition) is 1. The Morgan fingerprint density at radius 3 is 2.80 bits per heavy atom. The summed E-state index contributed by atoms with van der Waals surface area (Å²) in [5.74, 6) is -0.296. The van der Waals surface area contributed by atoms with E-state index in [4.69, 9.17) is 0 Å². The minimum atomic E-state index is -0.296. The second-order valence-electron chi connectivity index (χ2n) is 4.97. The van der Waals surface area contributed by atoms with Gasteiger partial charge in [-0.1, -0.05) is 6.92 Å². The molecule has 0 fully saturated rings. The molecule has 0 aliphatic rings. The number of rotatable bonds is 7. The Hall–Kier alpha value is -1.75. The van der Waals surface area contributed by atoms with Gasteiger partial charge in [-0.15, -0.1) is 0 Å². The highest BCUT2D eigenvalue weighted by molar-refractivity contribution is 5.11. The maximum absolute atomic E-state index is 13.0. The van der Waals surface area contributed by atoms with Gasteiger partial charge >= 0.3 is 0 Å². The van der Waals surface area contributed by atoms with Crippen LogP contribution in [0.2, 0.25) is 0 Å². The molecule has 0 aliphatic heterocycles. The first kappa shape index (κ1) is 14.7. The Balaban J connectivity index is 2.01. The van der Waals surface area contributed by atoms with Gasteiger partial charge in [0, 0.05) is 19.3 Å². The number of hydrogen-bond acceptors (Lipinski definition) is 3. The Kier molecular flexibility index (Phi) is 5.24. The Morgan fingerprint density at radius 2 is 2.20 bits per heavy atom. The zero-order valence-corrected chi connectivity index (χ0v) is 12.0. The zero-order chi connectivity index (χ0) is 14.4. The van der Waals surface area contributed by atoms with E-state index in [2.05, 4.69) is 22.3 Å². The van der Waals surface area contributed by atoms with Gasteiger partial charge < -0.3 is 5.32 Å². The zero-order valence-electron chi connectivity index (χ0n) is 12.0. The van der Waals surface area contributed by atoms with E-state index in [0.717, 1.165) is 31.5 Å². The molecule has 0 spiro atoms. The summed E-state index contributed by atoms with van der Waals surface area (Å²) in [5.41, 5.74) is 2.10. The molecule has 1 atom stereocenters. The van der Waals surface area contributed by atoms with Gasteiger partial charge in [-0.3, -0.25) is 9.67 Å². The van der Waals surface area contributed by atoms with Crippen LogP contribution in [0.25, 0.3) is 0 Å². The van der Waals surface area contributed by atoms with Crippen molar-refractivity contribution < 1.29 is 4.39 Å². The van der Waals surface area contributed by atoms with Gasteiger partial charge in [0.25, 0.3) is 0 Å². The summed E-state index contributed by atoms with van der Waals surface area (Å²) in [4.78, 5) is 4.19. The van der Waals surface area contributed by atoms with Crippen molar-refractivity contribution >= 4 is 0 Å². The molecule has 1 N–H and O–H groups in total. The minimum Gasteiger partial charge on any atom is -0.309 e. The summed E-state index contributed by atoms with van der Waals surface area (Å²) in [7, 11) is 1.91. The fourth-order valence-corrected chi connectivity index (χ4v) is 2.18. The van der Waals surface area contributed by atoms with Crippen molar-refractivity contribution in [2.75, 3.05) is 6.54 Å². The quantitative estimate of drug-likeness (QED) is 0.845. The number of aromatic nitrogens is 3. The smallest absolute Gasteiger partial charge is 0.141 e. The third-order valence-electron chi connectivity index (χ3n) is 3.23. The summed E-state index contributed by atoms with van der Waals surface area (Å²) in [6.07, 6.45) is 8.09. The van der Waals surface area contributed by atoms with E-state index >= 15 is 0 Å². The number of nitrogens with one attached hydrogen (secondary N) is 1. The lowest BCUT2D eigenvalue weighted by molar-refractivity contribution is 0.486. The van der Waals surface area contributed by atoms with Crippen LogP contribution in [0.3, 0.4) is 0 Å². The van der Waals surface area contributed by atoms with E-state index in [9.17, 15) is 4.39 Å². The normalized spacial score (nSPS) is 12.6. The second kappa shape index (κ2) is 7.14. The number of nitrogens with zero attached hydrogens (tertiary/aromatic N) is 3.